The highest BCUT2D eigenvalue weighted by Gasteiger charge is 2.17. The Morgan fingerprint density at radius 1 is 1.02 bits per heavy atom. The maximum Gasteiger partial charge on any atom is 0.335 e. The molecule has 4 aromatic rings. The molecule has 3 heterocycles. The lowest BCUT2D eigenvalue weighted by Crippen LogP contribution is -2.45. The zero-order valence-corrected chi connectivity index (χ0v) is 25.5. The van der Waals surface area contributed by atoms with Crippen molar-refractivity contribution in [1.29, 1.82) is 0 Å². The molecular weight excluding hydrogens is 605 g/mol. The van der Waals surface area contributed by atoms with Crippen molar-refractivity contribution in [2.75, 3.05) is 50.4 Å². The van der Waals surface area contributed by atoms with Crippen LogP contribution >= 0.6 is 23.4 Å². The van der Waals surface area contributed by atoms with E-state index in [1.807, 2.05) is 0 Å². The van der Waals surface area contributed by atoms with Crippen LogP contribution in [0.2, 0.25) is 5.02 Å². The highest BCUT2D eigenvalue weighted by Crippen LogP contribution is 2.34. The van der Waals surface area contributed by atoms with Crippen LogP contribution in [0.4, 0.5) is 21.6 Å². The number of hydrogen-bond acceptors (Lipinski definition) is 9. The minimum Gasteiger partial charge on any atom is -0.478 e. The molecule has 10 nitrogen and oxygen atoms in total. The van der Waals surface area contributed by atoms with E-state index in [9.17, 15) is 19.1 Å². The molecule has 2 aromatic carbocycles. The summed E-state index contributed by atoms with van der Waals surface area (Å²) in [6.07, 6.45) is 1.95. The molecule has 44 heavy (non-hydrogen) atoms. The smallest absolute Gasteiger partial charge is 0.335 e. The van der Waals surface area contributed by atoms with Gasteiger partial charge in [0.15, 0.2) is 0 Å². The Morgan fingerprint density at radius 2 is 1.80 bits per heavy atom. The summed E-state index contributed by atoms with van der Waals surface area (Å²) < 4.78 is 14.7. The zero-order valence-electron chi connectivity index (χ0n) is 24.0. The fraction of sp³-hybridized carbons (Fsp3) is 0.258. The minimum absolute atomic E-state index is 0.122. The molecule has 1 saturated heterocycles. The van der Waals surface area contributed by atoms with Crippen LogP contribution in [0, 0.1) is 5.82 Å². The van der Waals surface area contributed by atoms with E-state index in [-0.39, 0.29) is 22.7 Å². The van der Waals surface area contributed by atoms with Crippen molar-refractivity contribution in [2.45, 2.75) is 17.2 Å². The van der Waals surface area contributed by atoms with Crippen molar-refractivity contribution in [3.63, 3.8) is 0 Å². The van der Waals surface area contributed by atoms with Crippen molar-refractivity contribution >= 4 is 52.4 Å². The van der Waals surface area contributed by atoms with Gasteiger partial charge in [0, 0.05) is 73.4 Å². The predicted molar refractivity (Wildman–Crippen MR) is 170 cm³/mol. The second-order valence-electron chi connectivity index (χ2n) is 10.4. The van der Waals surface area contributed by atoms with E-state index in [2.05, 4.69) is 42.7 Å². The van der Waals surface area contributed by atoms with Gasteiger partial charge in [-0.15, -0.1) is 10.2 Å². The number of carbonyl (C=O) groups excluding carboxylic acids is 1. The number of carboxylic acid groups (broad SMARTS) is 1. The molecule has 0 spiro atoms. The van der Waals surface area contributed by atoms with Gasteiger partial charge in [-0.1, -0.05) is 35.5 Å². The molecule has 1 fully saturated rings. The summed E-state index contributed by atoms with van der Waals surface area (Å²) in [5.74, 6) is -0.719. The molecule has 0 radical (unpaired) electrons. The third-order valence-corrected chi connectivity index (χ3v) is 8.39. The van der Waals surface area contributed by atoms with E-state index in [0.29, 0.717) is 46.0 Å². The molecule has 1 aliphatic rings. The first-order valence-corrected chi connectivity index (χ1v) is 15.3. The molecule has 5 rings (SSSR count). The molecule has 13 heteroatoms. The van der Waals surface area contributed by atoms with Crippen molar-refractivity contribution in [3.8, 4) is 11.3 Å². The van der Waals surface area contributed by atoms with Crippen LogP contribution in [0.1, 0.15) is 22.3 Å². The molecule has 0 atom stereocenters. The van der Waals surface area contributed by atoms with Crippen LogP contribution in [0.3, 0.4) is 0 Å². The number of nitrogens with zero attached hydrogens (tertiary/aromatic N) is 5. The number of hydrogen-bond donors (Lipinski definition) is 3. The summed E-state index contributed by atoms with van der Waals surface area (Å²) in [5, 5.41) is 24.9. The summed E-state index contributed by atoms with van der Waals surface area (Å²) in [4.78, 5) is 32.7. The zero-order chi connectivity index (χ0) is 31.1. The van der Waals surface area contributed by atoms with Gasteiger partial charge in [0.1, 0.15) is 16.7 Å². The van der Waals surface area contributed by atoms with Gasteiger partial charge in [0.25, 0.3) is 0 Å². The Hall–Kier alpha value is -4.10. The number of pyridine rings is 1. The first-order valence-electron chi connectivity index (χ1n) is 14.0. The van der Waals surface area contributed by atoms with E-state index in [4.69, 9.17) is 11.6 Å². The van der Waals surface area contributed by atoms with Crippen LogP contribution in [0.15, 0.2) is 71.9 Å². The number of aromatic carboxylic acids is 1. The van der Waals surface area contributed by atoms with Crippen LogP contribution in [-0.2, 0) is 10.5 Å². The van der Waals surface area contributed by atoms with Gasteiger partial charge in [-0.05, 0) is 55.1 Å². The molecule has 228 valence electrons. The largest absolute Gasteiger partial charge is 0.478 e. The monoisotopic (exact) mass is 635 g/mol. The van der Waals surface area contributed by atoms with E-state index in [1.54, 1.807) is 48.7 Å². The van der Waals surface area contributed by atoms with Crippen molar-refractivity contribution in [1.82, 2.24) is 25.0 Å². The molecule has 0 saturated carbocycles. The predicted octanol–water partition coefficient (Wildman–Crippen LogP) is 5.64. The average molecular weight is 636 g/mol. The van der Waals surface area contributed by atoms with Crippen LogP contribution < -0.4 is 10.6 Å². The summed E-state index contributed by atoms with van der Waals surface area (Å²) in [6.45, 7) is 4.54. The highest BCUT2D eigenvalue weighted by molar-refractivity contribution is 7.98. The molecular formula is C31H31ClFN7O3S. The Morgan fingerprint density at radius 3 is 2.55 bits per heavy atom. The van der Waals surface area contributed by atoms with Crippen LogP contribution in [0.5, 0.6) is 0 Å². The minimum atomic E-state index is -0.992. The lowest BCUT2D eigenvalue weighted by atomic mass is 10.1. The second kappa shape index (κ2) is 14.6. The standard InChI is InChI=1S/C31H31ClFN7O3S/c1-39-12-14-40(15-13-39)11-9-29(41)36-28-17-23(8-10-34-28)35-27-18-26(24-16-22(32)6-7-25(24)33)37-38-30(27)44-19-20-2-4-21(5-3-20)31(42)43/h2-8,10,16-18H,9,11-15,19H2,1H3,(H,42,43)(H2,34,35,36,37,41). The van der Waals surface area contributed by atoms with Crippen molar-refractivity contribution < 1.29 is 19.1 Å². The number of piperazine rings is 1. The third kappa shape index (κ3) is 8.50. The van der Waals surface area contributed by atoms with E-state index < -0.39 is 11.8 Å². The van der Waals surface area contributed by atoms with Gasteiger partial charge in [-0.2, -0.15) is 0 Å². The first-order chi connectivity index (χ1) is 21.2. The average Bonchev–Trinajstić information content (AvgIpc) is 3.01. The number of aromatic nitrogens is 3. The first kappa shape index (κ1) is 31.3. The van der Waals surface area contributed by atoms with Gasteiger partial charge >= 0.3 is 5.97 Å². The number of carboxylic acids is 1. The molecule has 3 N–H and O–H groups in total. The number of thioether (sulfide) groups is 1. The maximum absolute atomic E-state index is 14.7. The van der Waals surface area contributed by atoms with Gasteiger partial charge < -0.3 is 25.5 Å². The normalized spacial score (nSPS) is 13.9. The number of anilines is 3. The van der Waals surface area contributed by atoms with Gasteiger partial charge in [-0.25, -0.2) is 14.2 Å². The molecule has 1 aliphatic heterocycles. The topological polar surface area (TPSA) is 124 Å². The summed E-state index contributed by atoms with van der Waals surface area (Å²) in [7, 11) is 2.10. The molecule has 0 bridgehead atoms. The molecule has 1 amide bonds. The van der Waals surface area contributed by atoms with E-state index in [1.165, 1.54) is 30.0 Å². The SMILES string of the molecule is CN1CCN(CCC(=O)Nc2cc(Nc3cc(-c4cc(Cl)ccc4F)nnc3SCc3ccc(C(=O)O)cc3)ccn2)CC1. The Bertz CT molecular complexity index is 1640. The summed E-state index contributed by atoms with van der Waals surface area (Å²) in [6, 6.07) is 16.0. The lowest BCUT2D eigenvalue weighted by molar-refractivity contribution is -0.116. The van der Waals surface area contributed by atoms with E-state index >= 15 is 0 Å². The lowest BCUT2D eigenvalue weighted by Gasteiger charge is -2.32. The number of carbonyl (C=O) groups is 2. The van der Waals surface area contributed by atoms with Gasteiger partial charge in [-0.3, -0.25) is 4.79 Å². The fourth-order valence-electron chi connectivity index (χ4n) is 4.57. The van der Waals surface area contributed by atoms with Crippen molar-refractivity contribution in [3.05, 3.63) is 88.8 Å². The fourth-order valence-corrected chi connectivity index (χ4v) is 5.60. The van der Waals surface area contributed by atoms with Crippen LogP contribution in [-0.4, -0.2) is 81.7 Å². The van der Waals surface area contributed by atoms with E-state index in [0.717, 1.165) is 31.7 Å². The Balaban J connectivity index is 1.32. The third-order valence-electron chi connectivity index (χ3n) is 7.10. The van der Waals surface area contributed by atoms with Crippen LogP contribution in [0.25, 0.3) is 11.3 Å². The Labute approximate surface area is 263 Å². The number of rotatable bonds is 11. The number of benzene rings is 2. The maximum atomic E-state index is 14.7. The molecule has 2 aromatic heterocycles. The number of amides is 1. The number of nitrogens with one attached hydrogen (secondary N) is 2. The molecule has 0 aliphatic carbocycles. The van der Waals surface area contributed by atoms with Crippen molar-refractivity contribution in [2.24, 2.45) is 0 Å². The number of likely N-dealkylation sites (N-methyl/N-ethyl adjacent to an activating group) is 1. The summed E-state index contributed by atoms with van der Waals surface area (Å²) >= 11 is 7.51. The molecule has 0 unspecified atom stereocenters. The number of halogens is 2. The summed E-state index contributed by atoms with van der Waals surface area (Å²) in [5.41, 5.74) is 2.77. The highest BCUT2D eigenvalue weighted by atomic mass is 35.5. The second-order valence-corrected chi connectivity index (χ2v) is 11.8. The Kier molecular flexibility index (Phi) is 10.4. The quantitative estimate of drug-likeness (QED) is 0.178. The van der Waals surface area contributed by atoms with Gasteiger partial charge in [0.2, 0.25) is 5.91 Å². The van der Waals surface area contributed by atoms with Gasteiger partial charge in [0.05, 0.1) is 16.9 Å².